The lowest BCUT2D eigenvalue weighted by molar-refractivity contribution is 0.151. The van der Waals surface area contributed by atoms with Gasteiger partial charge in [-0.15, -0.1) is 0 Å². The summed E-state index contributed by atoms with van der Waals surface area (Å²) in [5.74, 6) is 1.88. The van der Waals surface area contributed by atoms with Crippen LogP contribution >= 0.6 is 0 Å². The Hall–Kier alpha value is -0.730. The van der Waals surface area contributed by atoms with E-state index in [0.29, 0.717) is 5.41 Å². The molecule has 1 spiro atoms. The van der Waals surface area contributed by atoms with Gasteiger partial charge in [0.05, 0.1) is 0 Å². The summed E-state index contributed by atoms with van der Waals surface area (Å²) in [7, 11) is 1.91. The Morgan fingerprint density at radius 3 is 2.59 bits per heavy atom. The highest BCUT2D eigenvalue weighted by Crippen LogP contribution is 2.47. The quantitative estimate of drug-likeness (QED) is 0.603. The van der Waals surface area contributed by atoms with Crippen molar-refractivity contribution in [1.29, 1.82) is 0 Å². The molecule has 1 saturated heterocycles. The summed E-state index contributed by atoms with van der Waals surface area (Å²) < 4.78 is 0. The number of guanidine groups is 1. The van der Waals surface area contributed by atoms with Crippen molar-refractivity contribution in [1.82, 2.24) is 10.2 Å². The molecule has 2 rings (SSSR count). The van der Waals surface area contributed by atoms with E-state index >= 15 is 0 Å². The first-order chi connectivity index (χ1) is 8.15. The van der Waals surface area contributed by atoms with Crippen molar-refractivity contribution in [2.24, 2.45) is 16.3 Å². The van der Waals surface area contributed by atoms with Gasteiger partial charge in [-0.3, -0.25) is 4.99 Å². The highest BCUT2D eigenvalue weighted by atomic mass is 15.3. The molecule has 0 radical (unpaired) electrons. The number of hydrogen-bond donors (Lipinski definition) is 1. The maximum absolute atomic E-state index is 4.42. The average molecular weight is 237 g/mol. The lowest BCUT2D eigenvalue weighted by atomic mass is 9.68. The average Bonchev–Trinajstić information content (AvgIpc) is 2.68. The smallest absolute Gasteiger partial charge is 0.193 e. The Morgan fingerprint density at radius 1 is 1.35 bits per heavy atom. The van der Waals surface area contributed by atoms with Gasteiger partial charge in [0, 0.05) is 26.7 Å². The molecule has 0 bridgehead atoms. The minimum atomic E-state index is 0.662. The van der Waals surface area contributed by atoms with Gasteiger partial charge in [-0.25, -0.2) is 0 Å². The number of nitrogens with zero attached hydrogens (tertiary/aromatic N) is 2. The largest absolute Gasteiger partial charge is 0.356 e. The molecule has 2 fully saturated rings. The molecular weight excluding hydrogens is 210 g/mol. The van der Waals surface area contributed by atoms with Crippen LogP contribution in [0, 0.1) is 11.3 Å². The number of aliphatic imine (C=N–C) groups is 1. The van der Waals surface area contributed by atoms with Crippen LogP contribution in [-0.2, 0) is 0 Å². The second-order valence-corrected chi connectivity index (χ2v) is 6.18. The Balaban J connectivity index is 1.79. The Labute approximate surface area is 106 Å². The van der Waals surface area contributed by atoms with Gasteiger partial charge in [0.1, 0.15) is 0 Å². The number of likely N-dealkylation sites (tertiary alicyclic amines) is 1. The fraction of sp³-hybridized carbons (Fsp3) is 0.929. The summed E-state index contributed by atoms with van der Waals surface area (Å²) in [6, 6.07) is 0. The van der Waals surface area contributed by atoms with Crippen LogP contribution in [0.15, 0.2) is 4.99 Å². The lowest BCUT2D eigenvalue weighted by Crippen LogP contribution is -2.43. The molecule has 0 amide bonds. The third kappa shape index (κ3) is 2.93. The predicted octanol–water partition coefficient (Wildman–Crippen LogP) is 2.48. The molecule has 1 N–H and O–H groups in total. The van der Waals surface area contributed by atoms with Crippen molar-refractivity contribution >= 4 is 5.96 Å². The van der Waals surface area contributed by atoms with E-state index in [0.717, 1.165) is 18.4 Å². The van der Waals surface area contributed by atoms with Gasteiger partial charge in [0.15, 0.2) is 5.96 Å². The van der Waals surface area contributed by atoms with Crippen LogP contribution < -0.4 is 5.32 Å². The molecule has 1 aliphatic carbocycles. The molecule has 0 atom stereocenters. The first-order valence-electron chi connectivity index (χ1n) is 7.11. The third-order valence-electron chi connectivity index (χ3n) is 4.37. The molecule has 1 aliphatic heterocycles. The molecule has 1 saturated carbocycles. The molecule has 0 aromatic heterocycles. The summed E-state index contributed by atoms with van der Waals surface area (Å²) in [5, 5.41) is 3.50. The molecule has 3 heteroatoms. The first-order valence-corrected chi connectivity index (χ1v) is 7.11. The number of hydrogen-bond acceptors (Lipinski definition) is 1. The Bertz CT molecular complexity index is 279. The second kappa shape index (κ2) is 5.28. The highest BCUT2D eigenvalue weighted by molar-refractivity contribution is 5.80. The summed E-state index contributed by atoms with van der Waals surface area (Å²) in [6.07, 6.45) is 6.90. The zero-order valence-electron chi connectivity index (χ0n) is 11.6. The van der Waals surface area contributed by atoms with Gasteiger partial charge >= 0.3 is 0 Å². The van der Waals surface area contributed by atoms with Crippen LogP contribution in [0.3, 0.4) is 0 Å². The molecule has 1 heterocycles. The van der Waals surface area contributed by atoms with Gasteiger partial charge in [-0.1, -0.05) is 20.3 Å². The van der Waals surface area contributed by atoms with Crippen molar-refractivity contribution < 1.29 is 0 Å². The molecule has 0 aromatic rings. The van der Waals surface area contributed by atoms with E-state index in [1.54, 1.807) is 0 Å². The van der Waals surface area contributed by atoms with Crippen LogP contribution in [0.1, 0.15) is 46.0 Å². The van der Waals surface area contributed by atoms with E-state index in [4.69, 9.17) is 0 Å². The fourth-order valence-electron chi connectivity index (χ4n) is 3.01. The summed E-state index contributed by atoms with van der Waals surface area (Å²) in [4.78, 5) is 6.88. The van der Waals surface area contributed by atoms with Gasteiger partial charge in [-0.2, -0.15) is 0 Å². The monoisotopic (exact) mass is 237 g/mol. The second-order valence-electron chi connectivity index (χ2n) is 6.18. The van der Waals surface area contributed by atoms with Gasteiger partial charge < -0.3 is 10.2 Å². The van der Waals surface area contributed by atoms with E-state index in [1.165, 1.54) is 45.2 Å². The van der Waals surface area contributed by atoms with Crippen molar-refractivity contribution in [3.05, 3.63) is 0 Å². The molecule has 0 unspecified atom stereocenters. The van der Waals surface area contributed by atoms with Crippen LogP contribution in [0.2, 0.25) is 0 Å². The van der Waals surface area contributed by atoms with E-state index in [9.17, 15) is 0 Å². The van der Waals surface area contributed by atoms with Gasteiger partial charge in [0.25, 0.3) is 0 Å². The lowest BCUT2D eigenvalue weighted by Gasteiger charge is -2.38. The zero-order valence-corrected chi connectivity index (χ0v) is 11.6. The van der Waals surface area contributed by atoms with Crippen LogP contribution in [0.5, 0.6) is 0 Å². The van der Waals surface area contributed by atoms with Crippen molar-refractivity contribution in [3.63, 3.8) is 0 Å². The normalized spacial score (nSPS) is 23.3. The molecule has 2 aliphatic rings. The summed E-state index contributed by atoms with van der Waals surface area (Å²) >= 11 is 0. The van der Waals surface area contributed by atoms with Crippen LogP contribution in [0.4, 0.5) is 0 Å². The third-order valence-corrected chi connectivity index (χ3v) is 4.37. The van der Waals surface area contributed by atoms with Crippen molar-refractivity contribution in [2.75, 3.05) is 26.7 Å². The topological polar surface area (TPSA) is 27.6 Å². The van der Waals surface area contributed by atoms with E-state index in [1.807, 2.05) is 7.05 Å². The minimum absolute atomic E-state index is 0.662. The Morgan fingerprint density at radius 2 is 2.12 bits per heavy atom. The van der Waals surface area contributed by atoms with Crippen LogP contribution in [-0.4, -0.2) is 37.5 Å². The van der Waals surface area contributed by atoms with E-state index in [-0.39, 0.29) is 0 Å². The first kappa shape index (κ1) is 12.7. The van der Waals surface area contributed by atoms with E-state index < -0.39 is 0 Å². The summed E-state index contributed by atoms with van der Waals surface area (Å²) in [6.45, 7) is 8.01. The predicted molar refractivity (Wildman–Crippen MR) is 73.3 cm³/mol. The van der Waals surface area contributed by atoms with Gasteiger partial charge in [0.2, 0.25) is 0 Å². The van der Waals surface area contributed by atoms with Crippen LogP contribution in [0.25, 0.3) is 0 Å². The number of rotatable bonds is 3. The maximum atomic E-state index is 4.42. The molecule has 98 valence electrons. The minimum Gasteiger partial charge on any atom is -0.356 e. The van der Waals surface area contributed by atoms with Crippen molar-refractivity contribution in [2.45, 2.75) is 46.0 Å². The SMILES string of the molecule is CN=C(NCCC(C)C)N1CCC2(CCC2)C1. The molecule has 0 aromatic carbocycles. The fourth-order valence-corrected chi connectivity index (χ4v) is 3.01. The zero-order chi connectivity index (χ0) is 12.3. The van der Waals surface area contributed by atoms with Gasteiger partial charge in [-0.05, 0) is 37.0 Å². The van der Waals surface area contributed by atoms with Crippen molar-refractivity contribution in [3.8, 4) is 0 Å². The molecule has 17 heavy (non-hydrogen) atoms. The Kier molecular flexibility index (Phi) is 3.95. The summed E-state index contributed by atoms with van der Waals surface area (Å²) in [5.41, 5.74) is 0.662. The molecular formula is C14H27N3. The van der Waals surface area contributed by atoms with E-state index in [2.05, 4.69) is 29.1 Å². The maximum Gasteiger partial charge on any atom is 0.193 e. The standard InChI is InChI=1S/C14H27N3/c1-12(2)5-9-16-13(15-3)17-10-8-14(11-17)6-4-7-14/h12H,4-11H2,1-3H3,(H,15,16). The molecule has 3 nitrogen and oxygen atoms in total. The highest BCUT2D eigenvalue weighted by Gasteiger charge is 2.43. The number of nitrogens with one attached hydrogen (secondary N) is 1.